The van der Waals surface area contributed by atoms with Gasteiger partial charge in [0.05, 0.1) is 0 Å². The molecule has 0 amide bonds. The van der Waals surface area contributed by atoms with Crippen LogP contribution in [0.5, 0.6) is 0 Å². The summed E-state index contributed by atoms with van der Waals surface area (Å²) in [4.78, 5) is 0. The Balaban J connectivity index is 1.45. The highest BCUT2D eigenvalue weighted by atomic mass is 28.2. The molecule has 0 radical (unpaired) electrons. The van der Waals surface area contributed by atoms with Crippen LogP contribution in [0.3, 0.4) is 0 Å². The summed E-state index contributed by atoms with van der Waals surface area (Å²) in [5.74, 6) is 1.31. The third kappa shape index (κ3) is 4.39. The molecule has 0 aliphatic heterocycles. The Morgan fingerprint density at radius 2 is 1.03 bits per heavy atom. The molecule has 0 spiro atoms. The van der Waals surface area contributed by atoms with Gasteiger partial charge >= 0.3 is 0 Å². The third-order valence-corrected chi connectivity index (χ3v) is 9.48. The van der Waals surface area contributed by atoms with Crippen molar-refractivity contribution in [2.24, 2.45) is 0 Å². The Hall–Kier alpha value is -1.86. The largest absolute Gasteiger partial charge is 0.0655 e. The van der Waals surface area contributed by atoms with E-state index in [9.17, 15) is 0 Å². The monoisotopic (exact) mass is 428 g/mol. The summed E-state index contributed by atoms with van der Waals surface area (Å²) >= 11 is 0. The minimum absolute atomic E-state index is 0.146. The smallest absolute Gasteiger partial charge is 0.0218 e. The van der Waals surface area contributed by atoms with Gasteiger partial charge in [-0.15, -0.1) is 0 Å². The van der Waals surface area contributed by atoms with Crippen molar-refractivity contribution in [1.82, 2.24) is 0 Å². The van der Waals surface area contributed by atoms with E-state index in [0.717, 1.165) is 0 Å². The Labute approximate surface area is 192 Å². The average molecular weight is 429 g/mol. The molecule has 0 aromatic heterocycles. The van der Waals surface area contributed by atoms with E-state index in [1.165, 1.54) is 34.3 Å². The summed E-state index contributed by atoms with van der Waals surface area (Å²) in [7, 11) is -0.146. The highest BCUT2D eigenvalue weighted by molar-refractivity contribution is 6.36. The highest BCUT2D eigenvalue weighted by Crippen LogP contribution is 2.43. The maximum absolute atomic E-state index is 2.45. The van der Waals surface area contributed by atoms with E-state index in [1.807, 2.05) is 0 Å². The Kier molecular flexibility index (Phi) is 5.71. The van der Waals surface area contributed by atoms with Crippen LogP contribution in [0.2, 0.25) is 12.1 Å². The molecule has 0 N–H and O–H groups in total. The van der Waals surface area contributed by atoms with E-state index >= 15 is 0 Å². The van der Waals surface area contributed by atoms with Crippen molar-refractivity contribution in [2.75, 3.05) is 0 Å². The molecule has 0 heterocycles. The first-order valence-electron chi connectivity index (χ1n) is 12.1. The number of rotatable bonds is 4. The molecule has 2 aliphatic carbocycles. The standard InChI is InChI=1S/C30H40Si/c1-19-13-21-15-23(29(3,4)5)9-11-25(21)27(19)17-31-18-28-20(2)14-22-16-24(30(6,7)8)10-12-26(22)28/h9-16,27-28H,17-18,31H2,1-8H3. The molecule has 0 saturated heterocycles. The Morgan fingerprint density at radius 3 is 1.39 bits per heavy atom. The summed E-state index contributed by atoms with van der Waals surface area (Å²) in [6.45, 7) is 18.6. The van der Waals surface area contributed by atoms with Crippen LogP contribution in [0.1, 0.15) is 101 Å². The molecule has 164 valence electrons. The van der Waals surface area contributed by atoms with E-state index in [2.05, 4.69) is 104 Å². The van der Waals surface area contributed by atoms with Gasteiger partial charge in [-0.1, -0.05) is 113 Å². The van der Waals surface area contributed by atoms with Crippen molar-refractivity contribution in [3.05, 3.63) is 80.9 Å². The van der Waals surface area contributed by atoms with Gasteiger partial charge < -0.3 is 0 Å². The topological polar surface area (TPSA) is 0 Å². The Bertz CT molecular complexity index is 967. The lowest BCUT2D eigenvalue weighted by Gasteiger charge is -2.22. The molecule has 4 rings (SSSR count). The molecule has 31 heavy (non-hydrogen) atoms. The van der Waals surface area contributed by atoms with Gasteiger partial charge in [0.15, 0.2) is 0 Å². The summed E-state index contributed by atoms with van der Waals surface area (Å²) < 4.78 is 0. The van der Waals surface area contributed by atoms with Gasteiger partial charge in [-0.3, -0.25) is 0 Å². The predicted molar refractivity (Wildman–Crippen MR) is 141 cm³/mol. The van der Waals surface area contributed by atoms with Gasteiger partial charge in [0.2, 0.25) is 0 Å². The quantitative estimate of drug-likeness (QED) is 0.433. The summed E-state index contributed by atoms with van der Waals surface area (Å²) in [5, 5.41) is 0. The normalized spacial score (nSPS) is 20.8. The van der Waals surface area contributed by atoms with Gasteiger partial charge in [0.1, 0.15) is 0 Å². The minimum atomic E-state index is -0.146. The van der Waals surface area contributed by atoms with Crippen LogP contribution >= 0.6 is 0 Å². The fourth-order valence-electron chi connectivity index (χ4n) is 5.44. The third-order valence-electron chi connectivity index (χ3n) is 7.51. The average Bonchev–Trinajstić information content (AvgIpc) is 3.15. The molecule has 2 unspecified atom stereocenters. The lowest BCUT2D eigenvalue weighted by Crippen LogP contribution is -2.12. The van der Waals surface area contributed by atoms with Crippen LogP contribution in [0, 0.1) is 0 Å². The zero-order valence-electron chi connectivity index (χ0n) is 20.9. The SMILES string of the molecule is CC1=Cc2cc(C(C)(C)C)ccc2C1C[SiH2]CC1C(C)=Cc2cc(C(C)(C)C)ccc21. The maximum atomic E-state index is 2.45. The number of hydrogen-bond donors (Lipinski definition) is 0. The van der Waals surface area contributed by atoms with Crippen LogP contribution < -0.4 is 0 Å². The van der Waals surface area contributed by atoms with Crippen LogP contribution in [0.4, 0.5) is 0 Å². The first kappa shape index (κ1) is 22.3. The van der Waals surface area contributed by atoms with E-state index in [4.69, 9.17) is 0 Å². The van der Waals surface area contributed by atoms with Crippen LogP contribution in [-0.4, -0.2) is 9.52 Å². The van der Waals surface area contributed by atoms with Crippen molar-refractivity contribution in [1.29, 1.82) is 0 Å². The molecule has 2 aromatic rings. The van der Waals surface area contributed by atoms with Crippen LogP contribution in [0.25, 0.3) is 12.2 Å². The van der Waals surface area contributed by atoms with Gasteiger partial charge in [-0.2, -0.15) is 0 Å². The van der Waals surface area contributed by atoms with Crippen molar-refractivity contribution in [3.63, 3.8) is 0 Å². The van der Waals surface area contributed by atoms with E-state index in [0.29, 0.717) is 11.8 Å². The van der Waals surface area contributed by atoms with Crippen molar-refractivity contribution >= 4 is 21.7 Å². The number of benzene rings is 2. The van der Waals surface area contributed by atoms with E-state index in [-0.39, 0.29) is 20.3 Å². The van der Waals surface area contributed by atoms with E-state index < -0.39 is 0 Å². The summed E-state index contributed by atoms with van der Waals surface area (Å²) in [5.41, 5.74) is 12.6. The fourth-order valence-corrected chi connectivity index (χ4v) is 8.03. The lowest BCUT2D eigenvalue weighted by atomic mass is 9.85. The summed E-state index contributed by atoms with van der Waals surface area (Å²) in [6.07, 6.45) is 4.90. The molecule has 0 bridgehead atoms. The highest BCUT2D eigenvalue weighted by Gasteiger charge is 2.27. The van der Waals surface area contributed by atoms with Gasteiger partial charge in [-0.05, 0) is 58.1 Å². The predicted octanol–water partition coefficient (Wildman–Crippen LogP) is 7.99. The van der Waals surface area contributed by atoms with Gasteiger partial charge in [0, 0.05) is 21.4 Å². The van der Waals surface area contributed by atoms with Crippen molar-refractivity contribution in [2.45, 2.75) is 90.1 Å². The van der Waals surface area contributed by atoms with Crippen molar-refractivity contribution < 1.29 is 0 Å². The molecule has 2 aromatic carbocycles. The minimum Gasteiger partial charge on any atom is -0.0655 e. The second-order valence-electron chi connectivity index (χ2n) is 12.0. The summed E-state index contributed by atoms with van der Waals surface area (Å²) in [6, 6.07) is 17.2. The number of allylic oxidation sites excluding steroid dienone is 2. The maximum Gasteiger partial charge on any atom is 0.0218 e. The van der Waals surface area contributed by atoms with Gasteiger partial charge in [-0.25, -0.2) is 0 Å². The molecular weight excluding hydrogens is 388 g/mol. The zero-order valence-corrected chi connectivity index (χ0v) is 22.3. The second-order valence-corrected chi connectivity index (χ2v) is 13.9. The Morgan fingerprint density at radius 1 is 0.645 bits per heavy atom. The lowest BCUT2D eigenvalue weighted by molar-refractivity contribution is 0.589. The van der Waals surface area contributed by atoms with E-state index in [1.54, 1.807) is 22.3 Å². The van der Waals surface area contributed by atoms with Crippen molar-refractivity contribution in [3.8, 4) is 0 Å². The van der Waals surface area contributed by atoms with Crippen LogP contribution in [-0.2, 0) is 10.8 Å². The molecule has 0 saturated carbocycles. The van der Waals surface area contributed by atoms with Gasteiger partial charge in [0.25, 0.3) is 0 Å². The molecule has 0 fully saturated rings. The molecule has 0 nitrogen and oxygen atoms in total. The second kappa shape index (κ2) is 7.92. The molecule has 2 aliphatic rings. The fraction of sp³-hybridized carbons (Fsp3) is 0.467. The molecule has 1 heteroatoms. The first-order valence-corrected chi connectivity index (χ1v) is 14.1. The molecule has 2 atom stereocenters. The number of hydrogen-bond acceptors (Lipinski definition) is 0. The molecular formula is C30H40Si. The number of fused-ring (bicyclic) bond motifs is 2. The first-order chi connectivity index (χ1) is 14.4. The van der Waals surface area contributed by atoms with Crippen LogP contribution in [0.15, 0.2) is 47.5 Å². The zero-order chi connectivity index (χ0) is 22.6.